The number of rotatable bonds is 4. The van der Waals surface area contributed by atoms with E-state index in [2.05, 4.69) is 20.3 Å². The number of H-pyrrole nitrogens is 1. The number of nitrogens with zero attached hydrogens (tertiary/aromatic N) is 4. The van der Waals surface area contributed by atoms with Gasteiger partial charge >= 0.3 is 0 Å². The number of para-hydroxylation sites is 2. The molecule has 4 aromatic rings. The maximum Gasteiger partial charge on any atom is 0.231 e. The molecule has 0 bridgehead atoms. The summed E-state index contributed by atoms with van der Waals surface area (Å²) < 4.78 is 12.7. The van der Waals surface area contributed by atoms with Crippen LogP contribution in [0, 0.1) is 6.92 Å². The topological polar surface area (TPSA) is 77.9 Å². The second-order valence-corrected chi connectivity index (χ2v) is 6.34. The number of aryl methyl sites for hydroxylation is 3. The Kier molecular flexibility index (Phi) is 3.38. The Hall–Kier alpha value is -3.35. The summed E-state index contributed by atoms with van der Waals surface area (Å²) in [5.41, 5.74) is 4.95. The highest BCUT2D eigenvalue weighted by molar-refractivity contribution is 5.74. The molecule has 0 radical (unpaired) electrons. The molecular formula is C19H17N5O2. The molecule has 0 saturated carbocycles. The molecule has 1 aliphatic rings. The summed E-state index contributed by atoms with van der Waals surface area (Å²) in [4.78, 5) is 7.94. The fourth-order valence-electron chi connectivity index (χ4n) is 3.20. The number of hydrogen-bond acceptors (Lipinski definition) is 5. The van der Waals surface area contributed by atoms with Crippen LogP contribution in [0.5, 0.6) is 11.5 Å². The normalized spacial score (nSPS) is 12.8. The molecule has 0 fully saturated rings. The first-order valence-electron chi connectivity index (χ1n) is 8.51. The van der Waals surface area contributed by atoms with Crippen molar-refractivity contribution in [3.05, 3.63) is 54.0 Å². The molecule has 2 aromatic carbocycles. The van der Waals surface area contributed by atoms with E-state index in [0.717, 1.165) is 51.6 Å². The average Bonchev–Trinajstić information content (AvgIpc) is 3.37. The third-order valence-electron chi connectivity index (χ3n) is 4.55. The van der Waals surface area contributed by atoms with Crippen LogP contribution >= 0.6 is 0 Å². The van der Waals surface area contributed by atoms with E-state index in [1.54, 1.807) is 0 Å². The largest absolute Gasteiger partial charge is 0.454 e. The standard InChI is InChI=1S/C19H17N5O2/c1-12-8-17-18(26-11-25-17)9-13(12)16-10-24(23-22-16)7-6-19-20-14-4-2-3-5-15(14)21-19/h2-5,8-10H,6-7,11H2,1H3,(H,20,21). The van der Waals surface area contributed by atoms with Gasteiger partial charge in [0.15, 0.2) is 11.5 Å². The van der Waals surface area contributed by atoms with Crippen molar-refractivity contribution >= 4 is 11.0 Å². The third-order valence-corrected chi connectivity index (χ3v) is 4.55. The lowest BCUT2D eigenvalue weighted by atomic mass is 10.1. The van der Waals surface area contributed by atoms with E-state index in [4.69, 9.17) is 9.47 Å². The van der Waals surface area contributed by atoms with Gasteiger partial charge in [-0.15, -0.1) is 5.10 Å². The molecular weight excluding hydrogens is 330 g/mol. The van der Waals surface area contributed by atoms with Gasteiger partial charge in [-0.05, 0) is 36.8 Å². The first-order chi connectivity index (χ1) is 12.8. The maximum atomic E-state index is 5.47. The minimum absolute atomic E-state index is 0.266. The van der Waals surface area contributed by atoms with Crippen molar-refractivity contribution in [3.63, 3.8) is 0 Å². The molecule has 0 saturated heterocycles. The second-order valence-electron chi connectivity index (χ2n) is 6.34. The Morgan fingerprint density at radius 2 is 2.00 bits per heavy atom. The first-order valence-corrected chi connectivity index (χ1v) is 8.51. The van der Waals surface area contributed by atoms with Gasteiger partial charge in [0.05, 0.1) is 17.2 Å². The van der Waals surface area contributed by atoms with Gasteiger partial charge in [0.2, 0.25) is 6.79 Å². The van der Waals surface area contributed by atoms with E-state index >= 15 is 0 Å². The van der Waals surface area contributed by atoms with E-state index in [0.29, 0.717) is 6.54 Å². The van der Waals surface area contributed by atoms with Crippen molar-refractivity contribution in [2.75, 3.05) is 6.79 Å². The predicted molar refractivity (Wildman–Crippen MR) is 96.1 cm³/mol. The minimum Gasteiger partial charge on any atom is -0.454 e. The highest BCUT2D eigenvalue weighted by Gasteiger charge is 2.18. The summed E-state index contributed by atoms with van der Waals surface area (Å²) in [6, 6.07) is 12.0. The molecule has 1 aliphatic heterocycles. The van der Waals surface area contributed by atoms with E-state index in [1.165, 1.54) is 0 Å². The Labute approximate surface area is 149 Å². The van der Waals surface area contributed by atoms with Crippen LogP contribution in [-0.4, -0.2) is 31.8 Å². The number of benzene rings is 2. The van der Waals surface area contributed by atoms with Crippen LogP contribution in [0.3, 0.4) is 0 Å². The summed E-state index contributed by atoms with van der Waals surface area (Å²) in [6.07, 6.45) is 2.71. The number of hydrogen-bond donors (Lipinski definition) is 1. The van der Waals surface area contributed by atoms with Crippen molar-refractivity contribution < 1.29 is 9.47 Å². The Morgan fingerprint density at radius 1 is 1.15 bits per heavy atom. The molecule has 0 atom stereocenters. The van der Waals surface area contributed by atoms with Gasteiger partial charge in [-0.2, -0.15) is 0 Å². The van der Waals surface area contributed by atoms with Crippen molar-refractivity contribution in [3.8, 4) is 22.8 Å². The van der Waals surface area contributed by atoms with Crippen LogP contribution in [0.2, 0.25) is 0 Å². The quantitative estimate of drug-likeness (QED) is 0.614. The lowest BCUT2D eigenvalue weighted by Crippen LogP contribution is -2.03. The second kappa shape index (κ2) is 5.87. The third kappa shape index (κ3) is 2.57. The molecule has 0 aliphatic carbocycles. The molecule has 1 N–H and O–H groups in total. The van der Waals surface area contributed by atoms with Gasteiger partial charge < -0.3 is 14.5 Å². The Bertz CT molecular complexity index is 1070. The van der Waals surface area contributed by atoms with Gasteiger partial charge in [-0.1, -0.05) is 17.3 Å². The minimum atomic E-state index is 0.266. The highest BCUT2D eigenvalue weighted by atomic mass is 16.7. The highest BCUT2D eigenvalue weighted by Crippen LogP contribution is 2.37. The SMILES string of the molecule is Cc1cc2c(cc1-c1cn(CCc3nc4ccccc4[nH]3)nn1)OCO2. The zero-order valence-electron chi connectivity index (χ0n) is 14.3. The van der Waals surface area contributed by atoms with E-state index in [1.807, 2.05) is 54.2 Å². The van der Waals surface area contributed by atoms with Gasteiger partial charge in [0, 0.05) is 18.5 Å². The molecule has 0 amide bonds. The van der Waals surface area contributed by atoms with Gasteiger partial charge in [-0.3, -0.25) is 4.68 Å². The van der Waals surface area contributed by atoms with E-state index in [-0.39, 0.29) is 6.79 Å². The number of aromatic amines is 1. The zero-order valence-corrected chi connectivity index (χ0v) is 14.3. The monoisotopic (exact) mass is 347 g/mol. The lowest BCUT2D eigenvalue weighted by molar-refractivity contribution is 0.174. The summed E-state index contributed by atoms with van der Waals surface area (Å²) in [5, 5.41) is 8.56. The zero-order chi connectivity index (χ0) is 17.5. The van der Waals surface area contributed by atoms with Crippen LogP contribution in [0.15, 0.2) is 42.6 Å². The van der Waals surface area contributed by atoms with Crippen LogP contribution in [0.1, 0.15) is 11.4 Å². The van der Waals surface area contributed by atoms with Crippen LogP contribution in [-0.2, 0) is 13.0 Å². The molecule has 0 unspecified atom stereocenters. The summed E-state index contributed by atoms with van der Waals surface area (Å²) in [5.74, 6) is 2.48. The smallest absolute Gasteiger partial charge is 0.231 e. The number of fused-ring (bicyclic) bond motifs is 2. The predicted octanol–water partition coefficient (Wildman–Crippen LogP) is 3.10. The molecule has 7 nitrogen and oxygen atoms in total. The fraction of sp³-hybridized carbons (Fsp3) is 0.211. The summed E-state index contributed by atoms with van der Waals surface area (Å²) in [6.45, 7) is 3.00. The fourth-order valence-corrected chi connectivity index (χ4v) is 3.20. The van der Waals surface area contributed by atoms with Crippen LogP contribution in [0.25, 0.3) is 22.3 Å². The summed E-state index contributed by atoms with van der Waals surface area (Å²) in [7, 11) is 0. The maximum absolute atomic E-state index is 5.47. The van der Waals surface area contributed by atoms with Gasteiger partial charge in [0.1, 0.15) is 11.5 Å². The molecule has 2 aromatic heterocycles. The molecule has 130 valence electrons. The molecule has 26 heavy (non-hydrogen) atoms. The van der Waals surface area contributed by atoms with E-state index in [9.17, 15) is 0 Å². The van der Waals surface area contributed by atoms with Crippen molar-refractivity contribution in [1.82, 2.24) is 25.0 Å². The lowest BCUT2D eigenvalue weighted by Gasteiger charge is -2.04. The average molecular weight is 347 g/mol. The number of imidazole rings is 1. The summed E-state index contributed by atoms with van der Waals surface area (Å²) >= 11 is 0. The number of ether oxygens (including phenoxy) is 2. The van der Waals surface area contributed by atoms with E-state index < -0.39 is 0 Å². The first kappa shape index (κ1) is 14.9. The van der Waals surface area contributed by atoms with Crippen molar-refractivity contribution in [2.24, 2.45) is 0 Å². The Balaban J connectivity index is 1.35. The van der Waals surface area contributed by atoms with Crippen molar-refractivity contribution in [2.45, 2.75) is 19.9 Å². The van der Waals surface area contributed by atoms with Crippen molar-refractivity contribution in [1.29, 1.82) is 0 Å². The van der Waals surface area contributed by atoms with Crippen LogP contribution < -0.4 is 9.47 Å². The number of aromatic nitrogens is 5. The molecule has 3 heterocycles. The molecule has 7 heteroatoms. The number of nitrogens with one attached hydrogen (secondary N) is 1. The van der Waals surface area contributed by atoms with Crippen LogP contribution in [0.4, 0.5) is 0 Å². The van der Waals surface area contributed by atoms with Gasteiger partial charge in [-0.25, -0.2) is 4.98 Å². The molecule has 0 spiro atoms. The molecule has 5 rings (SSSR count). The Morgan fingerprint density at radius 3 is 2.88 bits per heavy atom. The van der Waals surface area contributed by atoms with Gasteiger partial charge in [0.25, 0.3) is 0 Å².